The second kappa shape index (κ2) is 8.70. The molecule has 0 unspecified atom stereocenters. The Morgan fingerprint density at radius 3 is 2.59 bits per heavy atom. The molecular weight excluding hydrogens is 282 g/mol. The number of hydrogen-bond acceptors (Lipinski definition) is 4. The molecule has 2 saturated heterocycles. The van der Waals surface area contributed by atoms with E-state index in [9.17, 15) is 9.90 Å². The molecule has 6 nitrogen and oxygen atoms in total. The van der Waals surface area contributed by atoms with Gasteiger partial charge in [0, 0.05) is 37.8 Å². The molecular formula is C16H31N3O3. The molecule has 0 bridgehead atoms. The number of ether oxygens (including phenoxy) is 1. The highest BCUT2D eigenvalue weighted by molar-refractivity contribution is 5.74. The van der Waals surface area contributed by atoms with Gasteiger partial charge < -0.3 is 25.4 Å². The second-order valence-electron chi connectivity index (χ2n) is 6.86. The molecule has 2 fully saturated rings. The number of amides is 2. The van der Waals surface area contributed by atoms with Crippen molar-refractivity contribution < 1.29 is 14.6 Å². The van der Waals surface area contributed by atoms with Crippen molar-refractivity contribution in [1.29, 1.82) is 0 Å². The molecule has 22 heavy (non-hydrogen) atoms. The lowest BCUT2D eigenvalue weighted by molar-refractivity contribution is -0.0139. The van der Waals surface area contributed by atoms with Gasteiger partial charge in [-0.25, -0.2) is 4.79 Å². The van der Waals surface area contributed by atoms with Gasteiger partial charge in [-0.15, -0.1) is 0 Å². The highest BCUT2D eigenvalue weighted by Gasteiger charge is 2.32. The van der Waals surface area contributed by atoms with Crippen LogP contribution in [0.1, 0.15) is 39.0 Å². The third-order valence-electron chi connectivity index (χ3n) is 4.87. The molecule has 0 aromatic rings. The van der Waals surface area contributed by atoms with Gasteiger partial charge in [-0.2, -0.15) is 0 Å². The van der Waals surface area contributed by atoms with E-state index in [0.717, 1.165) is 32.5 Å². The number of urea groups is 1. The van der Waals surface area contributed by atoms with Crippen LogP contribution in [0.25, 0.3) is 0 Å². The summed E-state index contributed by atoms with van der Waals surface area (Å²) in [6.07, 6.45) is 5.45. The van der Waals surface area contributed by atoms with E-state index in [1.165, 1.54) is 19.3 Å². The number of rotatable bonds is 6. The van der Waals surface area contributed by atoms with Crippen LogP contribution in [-0.4, -0.2) is 68.1 Å². The number of nitrogens with zero attached hydrogens (tertiary/aromatic N) is 1. The summed E-state index contributed by atoms with van der Waals surface area (Å²) < 4.78 is 5.34. The number of piperidine rings is 1. The molecule has 2 aliphatic heterocycles. The van der Waals surface area contributed by atoms with Crippen LogP contribution in [0.3, 0.4) is 0 Å². The molecule has 0 aliphatic carbocycles. The average Bonchev–Trinajstić information content (AvgIpc) is 2.55. The standard InChI is InChI=1S/C16H31N3O3/c1-14(11-19-7-3-2-4-8-19)18-15(21)17-12-16(13-20)5-9-22-10-6-16/h14,20H,2-13H2,1H3,(H2,17,18,21)/t14-/m1/s1. The predicted molar refractivity (Wildman–Crippen MR) is 85.9 cm³/mol. The van der Waals surface area contributed by atoms with Gasteiger partial charge in [-0.1, -0.05) is 6.42 Å². The van der Waals surface area contributed by atoms with Crippen LogP contribution in [-0.2, 0) is 4.74 Å². The summed E-state index contributed by atoms with van der Waals surface area (Å²) in [5.41, 5.74) is -0.217. The van der Waals surface area contributed by atoms with Gasteiger partial charge in [-0.3, -0.25) is 0 Å². The molecule has 0 aromatic carbocycles. The third-order valence-corrected chi connectivity index (χ3v) is 4.87. The summed E-state index contributed by atoms with van der Waals surface area (Å²) in [6, 6.07) is 0.00157. The summed E-state index contributed by atoms with van der Waals surface area (Å²) in [5, 5.41) is 15.6. The van der Waals surface area contributed by atoms with Crippen molar-refractivity contribution in [2.24, 2.45) is 5.41 Å². The Balaban J connectivity index is 1.67. The van der Waals surface area contributed by atoms with E-state index in [1.807, 2.05) is 6.92 Å². The Morgan fingerprint density at radius 1 is 1.27 bits per heavy atom. The number of carbonyl (C=O) groups is 1. The highest BCUT2D eigenvalue weighted by Crippen LogP contribution is 2.28. The number of nitrogens with one attached hydrogen (secondary N) is 2. The van der Waals surface area contributed by atoms with Crippen molar-refractivity contribution >= 4 is 6.03 Å². The molecule has 0 spiro atoms. The van der Waals surface area contributed by atoms with Crippen LogP contribution in [0.2, 0.25) is 0 Å². The van der Waals surface area contributed by atoms with E-state index < -0.39 is 0 Å². The number of likely N-dealkylation sites (tertiary alicyclic amines) is 1. The minimum Gasteiger partial charge on any atom is -0.396 e. The van der Waals surface area contributed by atoms with E-state index in [-0.39, 0.29) is 24.1 Å². The van der Waals surface area contributed by atoms with Crippen LogP contribution in [0.5, 0.6) is 0 Å². The van der Waals surface area contributed by atoms with Gasteiger partial charge in [0.05, 0.1) is 6.61 Å². The molecule has 6 heteroatoms. The van der Waals surface area contributed by atoms with Crippen molar-refractivity contribution in [2.45, 2.75) is 45.1 Å². The van der Waals surface area contributed by atoms with Crippen molar-refractivity contribution in [3.63, 3.8) is 0 Å². The summed E-state index contributed by atoms with van der Waals surface area (Å²) in [5.74, 6) is 0. The normalized spacial score (nSPS) is 23.7. The Labute approximate surface area is 133 Å². The monoisotopic (exact) mass is 313 g/mol. The van der Waals surface area contributed by atoms with E-state index in [2.05, 4.69) is 15.5 Å². The van der Waals surface area contributed by atoms with Crippen molar-refractivity contribution in [2.75, 3.05) is 46.0 Å². The lowest BCUT2D eigenvalue weighted by Crippen LogP contribution is -2.50. The fraction of sp³-hybridized carbons (Fsp3) is 0.938. The lowest BCUT2D eigenvalue weighted by Gasteiger charge is -2.35. The first-order valence-electron chi connectivity index (χ1n) is 8.59. The van der Waals surface area contributed by atoms with E-state index in [4.69, 9.17) is 4.74 Å². The number of aliphatic hydroxyl groups is 1. The Bertz CT molecular complexity index is 340. The lowest BCUT2D eigenvalue weighted by atomic mass is 9.81. The minimum atomic E-state index is -0.217. The summed E-state index contributed by atoms with van der Waals surface area (Å²) >= 11 is 0. The maximum absolute atomic E-state index is 12.0. The first-order chi connectivity index (χ1) is 10.6. The van der Waals surface area contributed by atoms with Crippen molar-refractivity contribution in [3.05, 3.63) is 0 Å². The third kappa shape index (κ3) is 5.41. The van der Waals surface area contributed by atoms with E-state index in [0.29, 0.717) is 19.8 Å². The summed E-state index contributed by atoms with van der Waals surface area (Å²) in [6.45, 7) is 7.17. The molecule has 3 N–H and O–H groups in total. The predicted octanol–water partition coefficient (Wildman–Crippen LogP) is 0.949. The Kier molecular flexibility index (Phi) is 6.92. The van der Waals surface area contributed by atoms with E-state index >= 15 is 0 Å². The largest absolute Gasteiger partial charge is 0.396 e. The molecule has 0 saturated carbocycles. The maximum atomic E-state index is 12.0. The van der Waals surface area contributed by atoms with Crippen LogP contribution in [0.4, 0.5) is 4.79 Å². The van der Waals surface area contributed by atoms with Gasteiger partial charge in [-0.05, 0) is 45.7 Å². The average molecular weight is 313 g/mol. The summed E-state index contributed by atoms with van der Waals surface area (Å²) in [7, 11) is 0. The molecule has 2 aliphatic rings. The Morgan fingerprint density at radius 2 is 1.95 bits per heavy atom. The zero-order valence-corrected chi connectivity index (χ0v) is 13.8. The van der Waals surface area contributed by atoms with Crippen LogP contribution in [0, 0.1) is 5.41 Å². The fourth-order valence-electron chi connectivity index (χ4n) is 3.31. The van der Waals surface area contributed by atoms with Gasteiger partial charge in [0.1, 0.15) is 0 Å². The SMILES string of the molecule is C[C@H](CN1CCCCC1)NC(=O)NCC1(CO)CCOCC1. The first-order valence-corrected chi connectivity index (χ1v) is 8.59. The molecule has 0 aromatic heterocycles. The molecule has 0 radical (unpaired) electrons. The van der Waals surface area contributed by atoms with Crippen molar-refractivity contribution in [3.8, 4) is 0 Å². The molecule has 128 valence electrons. The van der Waals surface area contributed by atoms with Gasteiger partial charge in [0.2, 0.25) is 0 Å². The molecule has 2 heterocycles. The van der Waals surface area contributed by atoms with Crippen LogP contribution < -0.4 is 10.6 Å². The van der Waals surface area contributed by atoms with Crippen LogP contribution >= 0.6 is 0 Å². The molecule has 1 atom stereocenters. The molecule has 2 amide bonds. The van der Waals surface area contributed by atoms with Gasteiger partial charge >= 0.3 is 6.03 Å². The number of aliphatic hydroxyl groups excluding tert-OH is 1. The van der Waals surface area contributed by atoms with Gasteiger partial charge in [0.25, 0.3) is 0 Å². The zero-order valence-electron chi connectivity index (χ0n) is 13.8. The quantitative estimate of drug-likeness (QED) is 0.682. The van der Waals surface area contributed by atoms with Gasteiger partial charge in [0.15, 0.2) is 0 Å². The van der Waals surface area contributed by atoms with Crippen LogP contribution in [0.15, 0.2) is 0 Å². The molecule has 2 rings (SSSR count). The van der Waals surface area contributed by atoms with E-state index in [1.54, 1.807) is 0 Å². The number of hydrogen-bond donors (Lipinski definition) is 3. The smallest absolute Gasteiger partial charge is 0.315 e. The fourth-order valence-corrected chi connectivity index (χ4v) is 3.31. The minimum absolute atomic E-state index is 0.0972. The first kappa shape index (κ1) is 17.5. The zero-order chi connectivity index (χ0) is 15.8. The second-order valence-corrected chi connectivity index (χ2v) is 6.86. The highest BCUT2D eigenvalue weighted by atomic mass is 16.5. The summed E-state index contributed by atoms with van der Waals surface area (Å²) in [4.78, 5) is 14.5. The van der Waals surface area contributed by atoms with Crippen molar-refractivity contribution in [1.82, 2.24) is 15.5 Å². The maximum Gasteiger partial charge on any atom is 0.315 e. The Hall–Kier alpha value is -0.850. The topological polar surface area (TPSA) is 73.8 Å². The number of carbonyl (C=O) groups excluding carboxylic acids is 1.